The van der Waals surface area contributed by atoms with Crippen molar-refractivity contribution in [3.8, 4) is 11.3 Å². The number of aromatic nitrogens is 1. The molecule has 3 heteroatoms. The van der Waals surface area contributed by atoms with Gasteiger partial charge in [-0.1, -0.05) is 45.0 Å². The minimum atomic E-state index is 0. The molecule has 2 N–H and O–H groups in total. The molecule has 23 heavy (non-hydrogen) atoms. The van der Waals surface area contributed by atoms with Gasteiger partial charge >= 0.3 is 0 Å². The van der Waals surface area contributed by atoms with E-state index in [1.54, 1.807) is 0 Å². The molecule has 0 unspecified atom stereocenters. The molecule has 0 aliphatic heterocycles. The summed E-state index contributed by atoms with van der Waals surface area (Å²) in [6, 6.07) is 20.1. The number of pyridine rings is 1. The van der Waals surface area contributed by atoms with Crippen molar-refractivity contribution in [2.24, 2.45) is 0 Å². The van der Waals surface area contributed by atoms with E-state index in [-0.39, 0.29) is 38.4 Å². The Balaban J connectivity index is 0.00000161. The Labute approximate surface area is 152 Å². The molecule has 0 aliphatic carbocycles. The normalized spacial score (nSPS) is 10.2. The first kappa shape index (κ1) is 21.5. The van der Waals surface area contributed by atoms with Crippen LogP contribution in [0.4, 0.5) is 0 Å². The Morgan fingerprint density at radius 1 is 0.957 bits per heavy atom. The SMILES string of the molecule is CC(C)(C)c1c[c-]c(-c2nccc3ccccc23)cc1.O.[CH3-].[Ir]. The van der Waals surface area contributed by atoms with Crippen molar-refractivity contribution >= 4 is 10.8 Å². The quantitative estimate of drug-likeness (QED) is 0.464. The summed E-state index contributed by atoms with van der Waals surface area (Å²) < 4.78 is 0. The molecule has 0 saturated carbocycles. The summed E-state index contributed by atoms with van der Waals surface area (Å²) in [5.41, 5.74) is 3.50. The van der Waals surface area contributed by atoms with Crippen LogP contribution < -0.4 is 0 Å². The Kier molecular flexibility index (Phi) is 7.79. The average Bonchev–Trinajstić information content (AvgIpc) is 2.46. The summed E-state index contributed by atoms with van der Waals surface area (Å²) in [7, 11) is 0. The molecule has 0 aliphatic rings. The number of nitrogens with zero attached hydrogens (tertiary/aromatic N) is 1. The van der Waals surface area contributed by atoms with Gasteiger partial charge in [0.25, 0.3) is 0 Å². The number of hydrogen-bond donors (Lipinski definition) is 0. The number of benzene rings is 2. The van der Waals surface area contributed by atoms with Crippen LogP contribution in [0.2, 0.25) is 0 Å². The molecule has 1 aromatic heterocycles. The molecular formula is C20H23IrNO-2. The van der Waals surface area contributed by atoms with E-state index in [2.05, 4.69) is 74.3 Å². The predicted molar refractivity (Wildman–Crippen MR) is 94.7 cm³/mol. The summed E-state index contributed by atoms with van der Waals surface area (Å²) >= 11 is 0. The van der Waals surface area contributed by atoms with E-state index in [0.29, 0.717) is 0 Å². The van der Waals surface area contributed by atoms with Crippen LogP contribution in [-0.4, -0.2) is 10.5 Å². The van der Waals surface area contributed by atoms with Crippen molar-refractivity contribution in [1.29, 1.82) is 0 Å². The number of rotatable bonds is 1. The molecule has 3 aromatic rings. The van der Waals surface area contributed by atoms with Crippen molar-refractivity contribution in [1.82, 2.24) is 4.98 Å². The van der Waals surface area contributed by atoms with Crippen LogP contribution >= 0.6 is 0 Å². The molecule has 3 rings (SSSR count). The summed E-state index contributed by atoms with van der Waals surface area (Å²) in [5, 5.41) is 2.39. The molecule has 1 heterocycles. The van der Waals surface area contributed by atoms with Gasteiger partial charge in [0.15, 0.2) is 0 Å². The first-order valence-electron chi connectivity index (χ1n) is 6.92. The van der Waals surface area contributed by atoms with Gasteiger partial charge < -0.3 is 17.9 Å². The maximum Gasteiger partial charge on any atom is 0.0167 e. The smallest absolute Gasteiger partial charge is 0.0167 e. The molecule has 2 nitrogen and oxygen atoms in total. The van der Waals surface area contributed by atoms with Crippen LogP contribution in [0.1, 0.15) is 26.3 Å². The van der Waals surface area contributed by atoms with E-state index in [4.69, 9.17) is 0 Å². The molecule has 125 valence electrons. The van der Waals surface area contributed by atoms with E-state index >= 15 is 0 Å². The van der Waals surface area contributed by atoms with Gasteiger partial charge in [-0.2, -0.15) is 0 Å². The predicted octanol–water partition coefficient (Wildman–Crippen LogP) is 4.62. The van der Waals surface area contributed by atoms with Crippen molar-refractivity contribution in [3.63, 3.8) is 0 Å². The second-order valence-corrected chi connectivity index (χ2v) is 6.12. The van der Waals surface area contributed by atoms with E-state index < -0.39 is 0 Å². The molecule has 2 aromatic carbocycles. The van der Waals surface area contributed by atoms with E-state index in [0.717, 1.165) is 11.3 Å². The summed E-state index contributed by atoms with van der Waals surface area (Å²) in [4.78, 5) is 4.54. The molecule has 1 radical (unpaired) electrons. The van der Waals surface area contributed by atoms with Crippen LogP contribution in [0.5, 0.6) is 0 Å². The Bertz CT molecular complexity index is 740. The fourth-order valence-corrected chi connectivity index (χ4v) is 2.37. The van der Waals surface area contributed by atoms with E-state index in [1.807, 2.05) is 12.3 Å². The van der Waals surface area contributed by atoms with Crippen molar-refractivity contribution in [3.05, 3.63) is 73.8 Å². The van der Waals surface area contributed by atoms with Crippen LogP contribution in [0.25, 0.3) is 22.0 Å². The van der Waals surface area contributed by atoms with Crippen LogP contribution in [0, 0.1) is 13.5 Å². The Hall–Kier alpha value is -1.54. The number of fused-ring (bicyclic) bond motifs is 1. The van der Waals surface area contributed by atoms with Gasteiger partial charge in [-0.15, -0.1) is 35.4 Å². The van der Waals surface area contributed by atoms with Crippen LogP contribution in [0.3, 0.4) is 0 Å². The molecule has 0 fully saturated rings. The third-order valence-electron chi connectivity index (χ3n) is 3.61. The van der Waals surface area contributed by atoms with Crippen molar-refractivity contribution in [2.75, 3.05) is 0 Å². The zero-order valence-corrected chi connectivity index (χ0v) is 16.4. The second kappa shape index (κ2) is 8.35. The fourth-order valence-electron chi connectivity index (χ4n) is 2.37. The minimum Gasteiger partial charge on any atom is -0.412 e. The van der Waals surface area contributed by atoms with Gasteiger partial charge in [0.1, 0.15) is 0 Å². The molecule has 0 bridgehead atoms. The minimum absolute atomic E-state index is 0. The topological polar surface area (TPSA) is 44.4 Å². The molecular weight excluding hydrogens is 462 g/mol. The summed E-state index contributed by atoms with van der Waals surface area (Å²) in [6.07, 6.45) is 1.86. The first-order chi connectivity index (χ1) is 9.55. The Morgan fingerprint density at radius 2 is 1.65 bits per heavy atom. The first-order valence-corrected chi connectivity index (χ1v) is 6.92. The van der Waals surface area contributed by atoms with Gasteiger partial charge in [-0.25, -0.2) is 0 Å². The van der Waals surface area contributed by atoms with Gasteiger partial charge in [-0.3, -0.25) is 0 Å². The van der Waals surface area contributed by atoms with Crippen LogP contribution in [-0.2, 0) is 25.5 Å². The Morgan fingerprint density at radius 3 is 2.26 bits per heavy atom. The van der Waals surface area contributed by atoms with E-state index in [1.165, 1.54) is 16.3 Å². The maximum atomic E-state index is 4.54. The second-order valence-electron chi connectivity index (χ2n) is 6.12. The average molecular weight is 486 g/mol. The molecule has 0 atom stereocenters. The largest absolute Gasteiger partial charge is 0.412 e. The third-order valence-corrected chi connectivity index (χ3v) is 3.61. The molecule has 0 spiro atoms. The number of hydrogen-bond acceptors (Lipinski definition) is 1. The zero-order chi connectivity index (χ0) is 14.2. The maximum absolute atomic E-state index is 4.54. The van der Waals surface area contributed by atoms with Crippen LogP contribution in [0.15, 0.2) is 54.7 Å². The van der Waals surface area contributed by atoms with Crippen molar-refractivity contribution < 1.29 is 25.6 Å². The van der Waals surface area contributed by atoms with Gasteiger partial charge in [0.05, 0.1) is 0 Å². The summed E-state index contributed by atoms with van der Waals surface area (Å²) in [6.45, 7) is 6.64. The monoisotopic (exact) mass is 486 g/mol. The third kappa shape index (κ3) is 4.48. The fraction of sp³-hybridized carbons (Fsp3) is 0.200. The zero-order valence-electron chi connectivity index (χ0n) is 14.0. The van der Waals surface area contributed by atoms with Gasteiger partial charge in [-0.05, 0) is 27.9 Å². The molecule has 0 saturated heterocycles. The standard InChI is InChI=1S/C19H18N.CH3.Ir.H2O/c1-19(2,3)16-10-8-15(9-11-16)18-17-7-5-4-6-14(17)12-13-20-18;;;/h4-8,10-13H,1-3H3;1H3;;1H2/q2*-1;;. The van der Waals surface area contributed by atoms with E-state index in [9.17, 15) is 0 Å². The summed E-state index contributed by atoms with van der Waals surface area (Å²) in [5.74, 6) is 0. The van der Waals surface area contributed by atoms with Gasteiger partial charge in [0, 0.05) is 26.3 Å². The van der Waals surface area contributed by atoms with Crippen molar-refractivity contribution in [2.45, 2.75) is 26.2 Å². The molecule has 0 amide bonds. The van der Waals surface area contributed by atoms with Gasteiger partial charge in [0.2, 0.25) is 0 Å².